The highest BCUT2D eigenvalue weighted by molar-refractivity contribution is 9.10. The van der Waals surface area contributed by atoms with Crippen molar-refractivity contribution in [2.45, 2.75) is 40.3 Å². The molecule has 0 spiro atoms. The maximum atomic E-state index is 6.12. The van der Waals surface area contributed by atoms with Gasteiger partial charge in [-0.25, -0.2) is 0 Å². The minimum absolute atomic E-state index is 0.423. The van der Waals surface area contributed by atoms with Gasteiger partial charge in [0.25, 0.3) is 0 Å². The standard InChI is InChI=1S/C17H21BrN2O/c1-11(2)19-9-14-10-20-13(4)7-17(14)21-16-8-15(18)6-5-12(16)3/h5-8,10-11,19H,9H2,1-4H3. The van der Waals surface area contributed by atoms with Gasteiger partial charge in [-0.2, -0.15) is 0 Å². The first kappa shape index (κ1) is 16.0. The summed E-state index contributed by atoms with van der Waals surface area (Å²) in [6.07, 6.45) is 1.88. The number of nitrogens with zero attached hydrogens (tertiary/aromatic N) is 1. The van der Waals surface area contributed by atoms with Crippen molar-refractivity contribution in [2.24, 2.45) is 0 Å². The van der Waals surface area contributed by atoms with E-state index in [0.29, 0.717) is 6.04 Å². The van der Waals surface area contributed by atoms with Crippen LogP contribution in [0.4, 0.5) is 0 Å². The molecular weight excluding hydrogens is 328 g/mol. The number of halogens is 1. The zero-order valence-electron chi connectivity index (χ0n) is 12.9. The topological polar surface area (TPSA) is 34.1 Å². The van der Waals surface area contributed by atoms with Gasteiger partial charge in [0.2, 0.25) is 0 Å². The van der Waals surface area contributed by atoms with E-state index in [1.165, 1.54) is 0 Å². The van der Waals surface area contributed by atoms with Crippen LogP contribution in [-0.4, -0.2) is 11.0 Å². The lowest BCUT2D eigenvalue weighted by Gasteiger charge is -2.15. The molecule has 3 nitrogen and oxygen atoms in total. The van der Waals surface area contributed by atoms with E-state index in [9.17, 15) is 0 Å². The molecule has 1 aromatic carbocycles. The predicted molar refractivity (Wildman–Crippen MR) is 89.9 cm³/mol. The highest BCUT2D eigenvalue weighted by Gasteiger charge is 2.09. The summed E-state index contributed by atoms with van der Waals surface area (Å²) in [5, 5.41) is 3.40. The lowest BCUT2D eigenvalue weighted by atomic mass is 10.2. The Morgan fingerprint density at radius 1 is 1.19 bits per heavy atom. The Morgan fingerprint density at radius 2 is 1.95 bits per heavy atom. The molecule has 2 rings (SSSR count). The summed E-state index contributed by atoms with van der Waals surface area (Å²) in [4.78, 5) is 4.37. The molecule has 0 radical (unpaired) electrons. The molecule has 2 aromatic rings. The molecule has 21 heavy (non-hydrogen) atoms. The molecule has 0 amide bonds. The fraction of sp³-hybridized carbons (Fsp3) is 0.353. The number of aromatic nitrogens is 1. The second-order valence-electron chi connectivity index (χ2n) is 5.48. The molecule has 0 atom stereocenters. The van der Waals surface area contributed by atoms with E-state index in [-0.39, 0.29) is 0 Å². The van der Waals surface area contributed by atoms with Crippen LogP contribution in [0.2, 0.25) is 0 Å². The minimum atomic E-state index is 0.423. The average Bonchev–Trinajstić information content (AvgIpc) is 2.42. The average molecular weight is 349 g/mol. The predicted octanol–water partition coefficient (Wildman–Crippen LogP) is 4.75. The van der Waals surface area contributed by atoms with Crippen molar-refractivity contribution in [3.05, 3.63) is 51.8 Å². The van der Waals surface area contributed by atoms with Crippen molar-refractivity contribution in [3.63, 3.8) is 0 Å². The molecule has 0 aliphatic heterocycles. The van der Waals surface area contributed by atoms with E-state index in [4.69, 9.17) is 4.74 Å². The number of ether oxygens (including phenoxy) is 1. The molecule has 1 aromatic heterocycles. The van der Waals surface area contributed by atoms with E-state index >= 15 is 0 Å². The van der Waals surface area contributed by atoms with Gasteiger partial charge in [-0.1, -0.05) is 35.8 Å². The second-order valence-corrected chi connectivity index (χ2v) is 6.40. The van der Waals surface area contributed by atoms with E-state index in [0.717, 1.165) is 39.3 Å². The van der Waals surface area contributed by atoms with Crippen LogP contribution in [0.1, 0.15) is 30.7 Å². The Labute approximate surface area is 134 Å². The summed E-state index contributed by atoms with van der Waals surface area (Å²) in [5.41, 5.74) is 3.12. The number of pyridine rings is 1. The van der Waals surface area contributed by atoms with Crippen molar-refractivity contribution in [2.75, 3.05) is 0 Å². The van der Waals surface area contributed by atoms with Crippen molar-refractivity contribution in [3.8, 4) is 11.5 Å². The molecule has 4 heteroatoms. The highest BCUT2D eigenvalue weighted by atomic mass is 79.9. The Morgan fingerprint density at radius 3 is 2.67 bits per heavy atom. The fourth-order valence-electron chi connectivity index (χ4n) is 1.91. The van der Waals surface area contributed by atoms with Crippen molar-refractivity contribution >= 4 is 15.9 Å². The quantitative estimate of drug-likeness (QED) is 0.846. The zero-order valence-corrected chi connectivity index (χ0v) is 14.5. The fourth-order valence-corrected chi connectivity index (χ4v) is 2.25. The second kappa shape index (κ2) is 7.05. The molecule has 0 saturated carbocycles. The van der Waals surface area contributed by atoms with Gasteiger partial charge in [0.05, 0.1) is 0 Å². The first-order chi connectivity index (χ1) is 9.95. The SMILES string of the molecule is Cc1cc(Oc2cc(Br)ccc2C)c(CNC(C)C)cn1. The molecule has 0 aliphatic carbocycles. The molecular formula is C17H21BrN2O. The Balaban J connectivity index is 2.29. The van der Waals surface area contributed by atoms with Crippen LogP contribution in [-0.2, 0) is 6.54 Å². The number of nitrogens with one attached hydrogen (secondary N) is 1. The third-order valence-electron chi connectivity index (χ3n) is 3.15. The number of hydrogen-bond donors (Lipinski definition) is 1. The Hall–Kier alpha value is -1.39. The summed E-state index contributed by atoms with van der Waals surface area (Å²) in [6, 6.07) is 8.45. The van der Waals surface area contributed by atoms with E-state index < -0.39 is 0 Å². The summed E-state index contributed by atoms with van der Waals surface area (Å²) >= 11 is 3.49. The monoisotopic (exact) mass is 348 g/mol. The van der Waals surface area contributed by atoms with Gasteiger partial charge in [0.1, 0.15) is 11.5 Å². The minimum Gasteiger partial charge on any atom is -0.457 e. The number of benzene rings is 1. The zero-order chi connectivity index (χ0) is 15.4. The lowest BCUT2D eigenvalue weighted by molar-refractivity contribution is 0.464. The van der Waals surface area contributed by atoms with Gasteiger partial charge in [0, 0.05) is 40.6 Å². The first-order valence-electron chi connectivity index (χ1n) is 7.08. The molecule has 112 valence electrons. The number of rotatable bonds is 5. The van der Waals surface area contributed by atoms with Gasteiger partial charge in [-0.15, -0.1) is 0 Å². The van der Waals surface area contributed by atoms with Crippen molar-refractivity contribution < 1.29 is 4.74 Å². The third kappa shape index (κ3) is 4.55. The lowest BCUT2D eigenvalue weighted by Crippen LogP contribution is -2.22. The largest absolute Gasteiger partial charge is 0.457 e. The summed E-state index contributed by atoms with van der Waals surface area (Å²) in [5.74, 6) is 1.72. The molecule has 1 heterocycles. The highest BCUT2D eigenvalue weighted by Crippen LogP contribution is 2.30. The van der Waals surface area contributed by atoms with Crippen molar-refractivity contribution in [1.82, 2.24) is 10.3 Å². The van der Waals surface area contributed by atoms with E-state index in [1.807, 2.05) is 44.3 Å². The van der Waals surface area contributed by atoms with Crippen LogP contribution < -0.4 is 10.1 Å². The maximum Gasteiger partial charge on any atom is 0.135 e. The molecule has 1 N–H and O–H groups in total. The maximum absolute atomic E-state index is 6.12. The molecule has 0 unspecified atom stereocenters. The van der Waals surface area contributed by atoms with Gasteiger partial charge in [-0.3, -0.25) is 4.98 Å². The summed E-state index contributed by atoms with van der Waals surface area (Å²) in [7, 11) is 0. The number of hydrogen-bond acceptors (Lipinski definition) is 3. The van der Waals surface area contributed by atoms with Crippen LogP contribution >= 0.6 is 15.9 Å². The van der Waals surface area contributed by atoms with E-state index in [1.54, 1.807) is 0 Å². The van der Waals surface area contributed by atoms with Gasteiger partial charge in [0.15, 0.2) is 0 Å². The van der Waals surface area contributed by atoms with Crippen LogP contribution in [0.3, 0.4) is 0 Å². The first-order valence-corrected chi connectivity index (χ1v) is 7.88. The molecule has 0 bridgehead atoms. The molecule has 0 aliphatic rings. The van der Waals surface area contributed by atoms with Gasteiger partial charge >= 0.3 is 0 Å². The third-order valence-corrected chi connectivity index (χ3v) is 3.64. The van der Waals surface area contributed by atoms with Gasteiger partial charge < -0.3 is 10.1 Å². The van der Waals surface area contributed by atoms with Gasteiger partial charge in [-0.05, 0) is 31.5 Å². The Bertz CT molecular complexity index is 626. The van der Waals surface area contributed by atoms with Crippen LogP contribution in [0.25, 0.3) is 0 Å². The Kier molecular flexibility index (Phi) is 5.37. The molecule has 0 saturated heterocycles. The smallest absolute Gasteiger partial charge is 0.135 e. The van der Waals surface area contributed by atoms with Crippen LogP contribution in [0.5, 0.6) is 11.5 Å². The summed E-state index contributed by atoms with van der Waals surface area (Å²) in [6.45, 7) is 9.01. The summed E-state index contributed by atoms with van der Waals surface area (Å²) < 4.78 is 7.13. The molecule has 0 fully saturated rings. The van der Waals surface area contributed by atoms with Crippen molar-refractivity contribution in [1.29, 1.82) is 0 Å². The van der Waals surface area contributed by atoms with Crippen LogP contribution in [0, 0.1) is 13.8 Å². The number of aryl methyl sites for hydroxylation is 2. The van der Waals surface area contributed by atoms with Crippen LogP contribution in [0.15, 0.2) is 34.9 Å². The van der Waals surface area contributed by atoms with E-state index in [2.05, 4.69) is 40.1 Å². The normalized spacial score (nSPS) is 11.0.